The third kappa shape index (κ3) is 3.43. The van der Waals surface area contributed by atoms with Gasteiger partial charge in [0, 0.05) is 32.1 Å². The molecular formula is C14H23N3O. The van der Waals surface area contributed by atoms with Gasteiger partial charge >= 0.3 is 0 Å². The zero-order valence-corrected chi connectivity index (χ0v) is 11.4. The Morgan fingerprint density at radius 3 is 3.17 bits per heavy atom. The molecule has 0 aliphatic carbocycles. The lowest BCUT2D eigenvalue weighted by molar-refractivity contribution is 0.193. The standard InChI is InChI=1S/C14H23N3O/c1-3-6-15-10-12-9-13(4-7-16-12)17(2)14-5-8-18-11-14/h4,7,9,14-15H,3,5-6,8,10-11H2,1-2H3. The van der Waals surface area contributed by atoms with Gasteiger partial charge in [-0.15, -0.1) is 0 Å². The van der Waals surface area contributed by atoms with Crippen molar-refractivity contribution in [1.29, 1.82) is 0 Å². The number of rotatable bonds is 6. The number of hydrogen-bond acceptors (Lipinski definition) is 4. The van der Waals surface area contributed by atoms with Crippen LogP contribution in [0.1, 0.15) is 25.5 Å². The average molecular weight is 249 g/mol. The summed E-state index contributed by atoms with van der Waals surface area (Å²) in [6, 6.07) is 4.74. The molecule has 18 heavy (non-hydrogen) atoms. The molecule has 2 rings (SSSR count). The van der Waals surface area contributed by atoms with Crippen molar-refractivity contribution in [3.05, 3.63) is 24.0 Å². The number of aromatic nitrogens is 1. The number of anilines is 1. The lowest BCUT2D eigenvalue weighted by Crippen LogP contribution is -2.31. The summed E-state index contributed by atoms with van der Waals surface area (Å²) in [5, 5.41) is 3.38. The third-order valence-corrected chi connectivity index (χ3v) is 3.39. The molecule has 4 nitrogen and oxygen atoms in total. The molecule has 2 heterocycles. The van der Waals surface area contributed by atoms with Gasteiger partial charge in [0.2, 0.25) is 0 Å². The summed E-state index contributed by atoms with van der Waals surface area (Å²) in [6.07, 6.45) is 4.16. The molecule has 1 saturated heterocycles. The second-order valence-electron chi connectivity index (χ2n) is 4.81. The van der Waals surface area contributed by atoms with Gasteiger partial charge < -0.3 is 15.0 Å². The highest BCUT2D eigenvalue weighted by Crippen LogP contribution is 2.20. The minimum Gasteiger partial charge on any atom is -0.379 e. The quantitative estimate of drug-likeness (QED) is 0.780. The summed E-state index contributed by atoms with van der Waals surface area (Å²) in [4.78, 5) is 6.70. The van der Waals surface area contributed by atoms with E-state index in [1.165, 1.54) is 5.69 Å². The SMILES string of the molecule is CCCNCc1cc(N(C)C2CCOC2)ccn1. The van der Waals surface area contributed by atoms with Crippen LogP contribution >= 0.6 is 0 Å². The van der Waals surface area contributed by atoms with E-state index in [0.717, 1.165) is 44.8 Å². The number of likely N-dealkylation sites (N-methyl/N-ethyl adjacent to an activating group) is 1. The fraction of sp³-hybridized carbons (Fsp3) is 0.643. The molecule has 0 spiro atoms. The van der Waals surface area contributed by atoms with Crippen molar-refractivity contribution < 1.29 is 4.74 Å². The van der Waals surface area contributed by atoms with Crippen molar-refractivity contribution in [3.8, 4) is 0 Å². The Morgan fingerprint density at radius 2 is 2.44 bits per heavy atom. The molecule has 0 radical (unpaired) electrons. The van der Waals surface area contributed by atoms with Crippen molar-refractivity contribution in [2.24, 2.45) is 0 Å². The van der Waals surface area contributed by atoms with Gasteiger partial charge in [-0.25, -0.2) is 0 Å². The van der Waals surface area contributed by atoms with Gasteiger partial charge in [0.05, 0.1) is 18.3 Å². The molecule has 1 aliphatic rings. The number of hydrogen-bond donors (Lipinski definition) is 1. The minimum absolute atomic E-state index is 0.504. The lowest BCUT2D eigenvalue weighted by Gasteiger charge is -2.25. The second-order valence-corrected chi connectivity index (χ2v) is 4.81. The number of nitrogens with zero attached hydrogens (tertiary/aromatic N) is 2. The van der Waals surface area contributed by atoms with Gasteiger partial charge in [0.25, 0.3) is 0 Å². The predicted octanol–water partition coefficient (Wildman–Crippen LogP) is 1.81. The van der Waals surface area contributed by atoms with Crippen molar-refractivity contribution >= 4 is 5.69 Å². The summed E-state index contributed by atoms with van der Waals surface area (Å²) in [5.74, 6) is 0. The van der Waals surface area contributed by atoms with Crippen molar-refractivity contribution in [3.63, 3.8) is 0 Å². The Labute approximate surface area is 109 Å². The maximum atomic E-state index is 5.44. The van der Waals surface area contributed by atoms with E-state index in [2.05, 4.69) is 41.3 Å². The van der Waals surface area contributed by atoms with Crippen LogP contribution < -0.4 is 10.2 Å². The average Bonchev–Trinajstić information content (AvgIpc) is 2.92. The molecule has 100 valence electrons. The molecular weight excluding hydrogens is 226 g/mol. The topological polar surface area (TPSA) is 37.4 Å². The van der Waals surface area contributed by atoms with Gasteiger partial charge in [0.15, 0.2) is 0 Å². The first-order valence-electron chi connectivity index (χ1n) is 6.77. The minimum atomic E-state index is 0.504. The van der Waals surface area contributed by atoms with Crippen LogP contribution in [0.15, 0.2) is 18.3 Å². The van der Waals surface area contributed by atoms with Crippen molar-refractivity contribution in [2.45, 2.75) is 32.4 Å². The Morgan fingerprint density at radius 1 is 1.56 bits per heavy atom. The molecule has 4 heteroatoms. The normalized spacial score (nSPS) is 19.1. The van der Waals surface area contributed by atoms with Crippen LogP contribution in [0, 0.1) is 0 Å². The van der Waals surface area contributed by atoms with E-state index in [1.54, 1.807) is 0 Å². The summed E-state index contributed by atoms with van der Waals surface area (Å²) >= 11 is 0. The Kier molecular flexibility index (Phi) is 4.96. The van der Waals surface area contributed by atoms with Crippen LogP contribution in [0.2, 0.25) is 0 Å². The van der Waals surface area contributed by atoms with Gasteiger partial charge in [-0.2, -0.15) is 0 Å². The third-order valence-electron chi connectivity index (χ3n) is 3.39. The van der Waals surface area contributed by atoms with Crippen LogP contribution in [0.4, 0.5) is 5.69 Å². The van der Waals surface area contributed by atoms with E-state index in [-0.39, 0.29) is 0 Å². The van der Waals surface area contributed by atoms with Gasteiger partial charge in [0.1, 0.15) is 0 Å². The van der Waals surface area contributed by atoms with Crippen molar-refractivity contribution in [1.82, 2.24) is 10.3 Å². The molecule has 0 saturated carbocycles. The van der Waals surface area contributed by atoms with E-state index >= 15 is 0 Å². The van der Waals surface area contributed by atoms with Gasteiger partial charge in [-0.05, 0) is 31.5 Å². The van der Waals surface area contributed by atoms with Crippen molar-refractivity contribution in [2.75, 3.05) is 31.7 Å². The fourth-order valence-corrected chi connectivity index (χ4v) is 2.21. The van der Waals surface area contributed by atoms with Crippen LogP contribution in [-0.2, 0) is 11.3 Å². The van der Waals surface area contributed by atoms with E-state index in [0.29, 0.717) is 6.04 Å². The maximum absolute atomic E-state index is 5.44. The second kappa shape index (κ2) is 6.71. The van der Waals surface area contributed by atoms with Gasteiger partial charge in [-0.1, -0.05) is 6.92 Å². The molecule has 0 amide bonds. The smallest absolute Gasteiger partial charge is 0.0670 e. The molecule has 0 aromatic carbocycles. The lowest BCUT2D eigenvalue weighted by atomic mass is 10.2. The first-order chi connectivity index (χ1) is 8.81. The van der Waals surface area contributed by atoms with Crippen LogP contribution in [0.5, 0.6) is 0 Å². The predicted molar refractivity (Wildman–Crippen MR) is 73.9 cm³/mol. The first-order valence-corrected chi connectivity index (χ1v) is 6.77. The Hall–Kier alpha value is -1.13. The molecule has 0 bridgehead atoms. The van der Waals surface area contributed by atoms with E-state index in [1.807, 2.05) is 6.20 Å². The zero-order chi connectivity index (χ0) is 12.8. The van der Waals surface area contributed by atoms with E-state index in [9.17, 15) is 0 Å². The number of nitrogens with one attached hydrogen (secondary N) is 1. The highest BCUT2D eigenvalue weighted by atomic mass is 16.5. The zero-order valence-electron chi connectivity index (χ0n) is 11.4. The molecule has 1 aliphatic heterocycles. The Bertz CT molecular complexity index is 364. The number of ether oxygens (including phenoxy) is 1. The molecule has 1 N–H and O–H groups in total. The molecule has 1 aromatic heterocycles. The highest BCUT2D eigenvalue weighted by molar-refractivity contribution is 5.47. The summed E-state index contributed by atoms with van der Waals surface area (Å²) in [6.45, 7) is 5.77. The first kappa shape index (κ1) is 13.3. The van der Waals surface area contributed by atoms with E-state index < -0.39 is 0 Å². The largest absolute Gasteiger partial charge is 0.379 e. The summed E-state index contributed by atoms with van der Waals surface area (Å²) in [5.41, 5.74) is 2.33. The fourth-order valence-electron chi connectivity index (χ4n) is 2.21. The molecule has 1 fully saturated rings. The maximum Gasteiger partial charge on any atom is 0.0670 e. The summed E-state index contributed by atoms with van der Waals surface area (Å²) < 4.78 is 5.44. The number of pyridine rings is 1. The van der Waals surface area contributed by atoms with Crippen LogP contribution in [0.25, 0.3) is 0 Å². The van der Waals surface area contributed by atoms with Crippen LogP contribution in [-0.4, -0.2) is 37.8 Å². The monoisotopic (exact) mass is 249 g/mol. The highest BCUT2D eigenvalue weighted by Gasteiger charge is 2.20. The van der Waals surface area contributed by atoms with Crippen LogP contribution in [0.3, 0.4) is 0 Å². The Balaban J connectivity index is 1.97. The van der Waals surface area contributed by atoms with Gasteiger partial charge in [-0.3, -0.25) is 4.98 Å². The molecule has 1 atom stereocenters. The molecule has 1 aromatic rings. The van der Waals surface area contributed by atoms with E-state index in [4.69, 9.17) is 4.74 Å². The summed E-state index contributed by atoms with van der Waals surface area (Å²) in [7, 11) is 2.14. The molecule has 1 unspecified atom stereocenters.